The molecule has 0 radical (unpaired) electrons. The SMILES string of the molecule is CC(C)Oc1cc(-c2cnn(C3CCN(C(=O)C4CN(C(=O)OC(C)(C)C)C4)CC3)c2)cn2ncc(C#N)c12. The lowest BCUT2D eigenvalue weighted by atomic mass is 9.96. The Balaban J connectivity index is 1.21. The summed E-state index contributed by atoms with van der Waals surface area (Å²) in [7, 11) is 0. The maximum atomic E-state index is 13.0. The van der Waals surface area contributed by atoms with Crippen LogP contribution in [0.2, 0.25) is 0 Å². The lowest BCUT2D eigenvalue weighted by Gasteiger charge is -2.42. The predicted octanol–water partition coefficient (Wildman–Crippen LogP) is 3.89. The molecule has 2 amide bonds. The molecule has 0 bridgehead atoms. The summed E-state index contributed by atoms with van der Waals surface area (Å²) < 4.78 is 15.1. The highest BCUT2D eigenvalue weighted by atomic mass is 16.6. The van der Waals surface area contributed by atoms with Crippen molar-refractivity contribution < 1.29 is 19.1 Å². The first-order chi connectivity index (χ1) is 18.5. The van der Waals surface area contributed by atoms with E-state index in [1.54, 1.807) is 15.6 Å². The molecule has 2 aliphatic heterocycles. The fourth-order valence-electron chi connectivity index (χ4n) is 5.07. The number of fused-ring (bicyclic) bond motifs is 1. The third-order valence-electron chi connectivity index (χ3n) is 7.03. The van der Waals surface area contributed by atoms with Crippen molar-refractivity contribution in [1.29, 1.82) is 5.26 Å². The highest BCUT2D eigenvalue weighted by molar-refractivity contribution is 5.83. The molecule has 0 spiro atoms. The normalized spacial score (nSPS) is 16.8. The first-order valence-electron chi connectivity index (χ1n) is 13.4. The molecular formula is C28H35N7O4. The van der Waals surface area contributed by atoms with Gasteiger partial charge in [-0.25, -0.2) is 9.31 Å². The fraction of sp³-hybridized carbons (Fsp3) is 0.536. The summed E-state index contributed by atoms with van der Waals surface area (Å²) in [6.07, 6.45) is 8.46. The molecular weight excluding hydrogens is 498 g/mol. The lowest BCUT2D eigenvalue weighted by Crippen LogP contribution is -2.58. The van der Waals surface area contributed by atoms with E-state index in [9.17, 15) is 14.9 Å². The largest absolute Gasteiger partial charge is 0.489 e. The number of ether oxygens (including phenoxy) is 2. The maximum Gasteiger partial charge on any atom is 0.410 e. The number of aromatic nitrogens is 4. The number of pyridine rings is 1. The van der Waals surface area contributed by atoms with Crippen molar-refractivity contribution >= 4 is 17.5 Å². The van der Waals surface area contributed by atoms with Gasteiger partial charge in [-0.1, -0.05) is 0 Å². The summed E-state index contributed by atoms with van der Waals surface area (Å²) in [5, 5.41) is 18.4. The van der Waals surface area contributed by atoms with Gasteiger partial charge in [-0.3, -0.25) is 9.48 Å². The average Bonchev–Trinajstić information content (AvgIpc) is 3.49. The van der Waals surface area contributed by atoms with Crippen LogP contribution >= 0.6 is 0 Å². The van der Waals surface area contributed by atoms with Gasteiger partial charge in [0, 0.05) is 49.7 Å². The number of piperidine rings is 1. The second-order valence-electron chi connectivity index (χ2n) is 11.6. The number of carbonyl (C=O) groups is 2. The molecule has 3 aromatic heterocycles. The zero-order chi connectivity index (χ0) is 27.9. The van der Waals surface area contributed by atoms with Crippen LogP contribution in [0, 0.1) is 17.2 Å². The van der Waals surface area contributed by atoms with E-state index in [0.29, 0.717) is 43.0 Å². The zero-order valence-electron chi connectivity index (χ0n) is 23.1. The maximum absolute atomic E-state index is 13.0. The lowest BCUT2D eigenvalue weighted by molar-refractivity contribution is -0.141. The van der Waals surface area contributed by atoms with Gasteiger partial charge in [0.05, 0.1) is 30.5 Å². The van der Waals surface area contributed by atoms with E-state index in [1.807, 2.05) is 68.9 Å². The van der Waals surface area contributed by atoms with Gasteiger partial charge in [-0.2, -0.15) is 15.5 Å². The van der Waals surface area contributed by atoms with Crippen molar-refractivity contribution in [2.75, 3.05) is 26.2 Å². The minimum absolute atomic E-state index is 0.0542. The molecule has 3 aromatic rings. The smallest absolute Gasteiger partial charge is 0.410 e. The summed E-state index contributed by atoms with van der Waals surface area (Å²) in [6.45, 7) is 11.5. The number of nitriles is 1. The molecule has 0 aromatic carbocycles. The minimum Gasteiger partial charge on any atom is -0.489 e. The molecule has 0 unspecified atom stereocenters. The quantitative estimate of drug-likeness (QED) is 0.488. The van der Waals surface area contributed by atoms with Gasteiger partial charge in [0.15, 0.2) is 0 Å². The Labute approximate surface area is 227 Å². The highest BCUT2D eigenvalue weighted by Crippen LogP contribution is 2.32. The van der Waals surface area contributed by atoms with Crippen LogP contribution in [-0.4, -0.2) is 79.1 Å². The fourth-order valence-corrected chi connectivity index (χ4v) is 5.07. The molecule has 2 aliphatic rings. The Hall–Kier alpha value is -4.07. The summed E-state index contributed by atoms with van der Waals surface area (Å²) >= 11 is 0. The molecule has 39 heavy (non-hydrogen) atoms. The molecule has 5 rings (SSSR count). The first-order valence-corrected chi connectivity index (χ1v) is 13.4. The molecule has 0 atom stereocenters. The minimum atomic E-state index is -0.544. The third-order valence-corrected chi connectivity index (χ3v) is 7.03. The number of nitrogens with zero attached hydrogens (tertiary/aromatic N) is 7. The van der Waals surface area contributed by atoms with Gasteiger partial charge in [0.1, 0.15) is 28.5 Å². The van der Waals surface area contributed by atoms with E-state index in [4.69, 9.17) is 9.47 Å². The number of likely N-dealkylation sites (tertiary alicyclic amines) is 2. The standard InChI is InChI=1S/C28H35N7O4/c1-18(2)38-24-10-19(16-35-25(24)20(11-29)12-31-35)21-13-30-34(17-21)23-6-8-32(9-7-23)26(36)22-14-33(15-22)27(37)39-28(3,4)5/h10,12-13,16-18,22-23H,6-9,14-15H2,1-5H3. The highest BCUT2D eigenvalue weighted by Gasteiger charge is 2.40. The topological polar surface area (TPSA) is 118 Å². The van der Waals surface area contributed by atoms with Gasteiger partial charge < -0.3 is 19.3 Å². The average molecular weight is 534 g/mol. The molecule has 206 valence electrons. The summed E-state index contributed by atoms with van der Waals surface area (Å²) in [4.78, 5) is 28.7. The van der Waals surface area contributed by atoms with Crippen molar-refractivity contribution in [1.82, 2.24) is 29.2 Å². The number of rotatable bonds is 5. The van der Waals surface area contributed by atoms with E-state index in [1.165, 1.54) is 0 Å². The Morgan fingerprint density at radius 3 is 2.41 bits per heavy atom. The van der Waals surface area contributed by atoms with Crippen LogP contribution in [0.5, 0.6) is 5.75 Å². The van der Waals surface area contributed by atoms with Crippen LogP contribution in [0.3, 0.4) is 0 Å². The molecule has 0 saturated carbocycles. The molecule has 11 nitrogen and oxygen atoms in total. The molecule has 0 N–H and O–H groups in total. The second kappa shape index (κ2) is 10.2. The molecule has 5 heterocycles. The van der Waals surface area contributed by atoms with Crippen molar-refractivity contribution in [3.8, 4) is 22.9 Å². The van der Waals surface area contributed by atoms with Crippen molar-refractivity contribution in [2.24, 2.45) is 5.92 Å². The van der Waals surface area contributed by atoms with Crippen LogP contribution in [0.25, 0.3) is 16.6 Å². The molecule has 0 aliphatic carbocycles. The Kier molecular flexibility index (Phi) is 6.97. The van der Waals surface area contributed by atoms with Crippen molar-refractivity contribution in [3.05, 3.63) is 36.4 Å². The van der Waals surface area contributed by atoms with Crippen LogP contribution in [0.4, 0.5) is 4.79 Å². The summed E-state index contributed by atoms with van der Waals surface area (Å²) in [6, 6.07) is 4.30. The van der Waals surface area contributed by atoms with E-state index >= 15 is 0 Å². The predicted molar refractivity (Wildman–Crippen MR) is 143 cm³/mol. The van der Waals surface area contributed by atoms with E-state index in [2.05, 4.69) is 16.3 Å². The molecule has 2 fully saturated rings. The van der Waals surface area contributed by atoms with E-state index < -0.39 is 5.60 Å². The number of carbonyl (C=O) groups excluding carboxylic acids is 2. The Morgan fingerprint density at radius 1 is 1.05 bits per heavy atom. The van der Waals surface area contributed by atoms with E-state index in [-0.39, 0.29) is 30.1 Å². The third kappa shape index (κ3) is 5.55. The molecule has 11 heteroatoms. The van der Waals surface area contributed by atoms with Gasteiger partial charge in [0.25, 0.3) is 0 Å². The summed E-state index contributed by atoms with van der Waals surface area (Å²) in [5.74, 6) is 0.556. The summed E-state index contributed by atoms with van der Waals surface area (Å²) in [5.41, 5.74) is 2.39. The van der Waals surface area contributed by atoms with Gasteiger partial charge in [0.2, 0.25) is 5.91 Å². The van der Waals surface area contributed by atoms with Crippen molar-refractivity contribution in [3.63, 3.8) is 0 Å². The first kappa shape index (κ1) is 26.5. The Bertz CT molecular complexity index is 1410. The Morgan fingerprint density at radius 2 is 1.77 bits per heavy atom. The monoisotopic (exact) mass is 533 g/mol. The number of hydrogen-bond acceptors (Lipinski definition) is 7. The van der Waals surface area contributed by atoms with Crippen LogP contribution in [0.15, 0.2) is 30.9 Å². The van der Waals surface area contributed by atoms with Gasteiger partial charge in [-0.05, 0) is 53.5 Å². The number of hydrogen-bond donors (Lipinski definition) is 0. The zero-order valence-corrected chi connectivity index (χ0v) is 23.1. The van der Waals surface area contributed by atoms with Gasteiger partial charge in [-0.15, -0.1) is 0 Å². The van der Waals surface area contributed by atoms with Crippen LogP contribution < -0.4 is 4.74 Å². The van der Waals surface area contributed by atoms with Gasteiger partial charge >= 0.3 is 6.09 Å². The van der Waals surface area contributed by atoms with Crippen LogP contribution in [-0.2, 0) is 9.53 Å². The number of amides is 2. The second-order valence-corrected chi connectivity index (χ2v) is 11.6. The van der Waals surface area contributed by atoms with Crippen LogP contribution in [0.1, 0.15) is 59.1 Å². The van der Waals surface area contributed by atoms with E-state index in [0.717, 1.165) is 24.0 Å². The molecule has 2 saturated heterocycles. The van der Waals surface area contributed by atoms with Crippen molar-refractivity contribution in [2.45, 2.75) is 65.2 Å².